The molecule has 186 valence electrons. The Morgan fingerprint density at radius 1 is 0.758 bits per heavy atom. The van der Waals surface area contributed by atoms with Crippen molar-refractivity contribution < 1.29 is 33.6 Å². The van der Waals surface area contributed by atoms with Crippen LogP contribution < -0.4 is 37.6 Å². The molecule has 0 unspecified atom stereocenters. The maximum Gasteiger partial charge on any atom is 0.243 e. The quantitative estimate of drug-likeness (QED) is 0.119. The lowest BCUT2D eigenvalue weighted by atomic mass is 10.2. The normalized spacial score (nSPS) is 11.8. The van der Waals surface area contributed by atoms with Crippen molar-refractivity contribution in [2.75, 3.05) is 38.2 Å². The highest BCUT2D eigenvalue weighted by molar-refractivity contribution is 7.98. The largest absolute Gasteiger partial charge is 0.368 e. The van der Waals surface area contributed by atoms with E-state index in [1.54, 1.807) is 0 Å². The molecular weight excluding hydrogens is 458 g/mol. The Morgan fingerprint density at radius 3 is 1.85 bits per heavy atom. The molecule has 15 heteroatoms. The molecule has 33 heavy (non-hydrogen) atoms. The van der Waals surface area contributed by atoms with Crippen molar-refractivity contribution in [3.8, 4) is 0 Å². The molecule has 8 N–H and O–H groups in total. The minimum Gasteiger partial charge on any atom is -0.368 e. The third kappa shape index (κ3) is 15.1. The van der Waals surface area contributed by atoms with Gasteiger partial charge >= 0.3 is 0 Å². The molecule has 0 aliphatic heterocycles. The molecule has 0 aliphatic carbocycles. The van der Waals surface area contributed by atoms with Gasteiger partial charge < -0.3 is 37.6 Å². The predicted molar refractivity (Wildman–Crippen MR) is 119 cm³/mol. The van der Waals surface area contributed by atoms with Gasteiger partial charge in [0.1, 0.15) is 12.1 Å². The number of amides is 7. The summed E-state index contributed by atoms with van der Waals surface area (Å²) in [6.45, 7) is 1.16. The number of primary amides is 1. The van der Waals surface area contributed by atoms with Gasteiger partial charge in [-0.3, -0.25) is 33.6 Å². The van der Waals surface area contributed by atoms with Gasteiger partial charge in [-0.2, -0.15) is 11.8 Å². The highest BCUT2D eigenvalue weighted by atomic mass is 32.2. The van der Waals surface area contributed by atoms with Crippen LogP contribution in [0.5, 0.6) is 0 Å². The molecule has 0 aliphatic rings. The molecule has 0 heterocycles. The van der Waals surface area contributed by atoms with Gasteiger partial charge in [0.15, 0.2) is 0 Å². The first-order chi connectivity index (χ1) is 15.5. The molecule has 0 fully saturated rings. The van der Waals surface area contributed by atoms with Gasteiger partial charge in [0.2, 0.25) is 41.4 Å². The van der Waals surface area contributed by atoms with Gasteiger partial charge in [-0.25, -0.2) is 0 Å². The zero-order chi connectivity index (χ0) is 25.4. The molecule has 0 aromatic carbocycles. The van der Waals surface area contributed by atoms with Crippen LogP contribution in [-0.2, 0) is 33.6 Å². The second-order valence-electron chi connectivity index (χ2n) is 6.78. The number of rotatable bonds is 15. The van der Waals surface area contributed by atoms with Crippen LogP contribution in [0.2, 0.25) is 0 Å². The van der Waals surface area contributed by atoms with E-state index in [0.29, 0.717) is 5.75 Å². The molecule has 7 amide bonds. The summed E-state index contributed by atoms with van der Waals surface area (Å²) in [6, 6.07) is -1.99. The highest BCUT2D eigenvalue weighted by Gasteiger charge is 2.24. The number of carbonyl (C=O) groups is 7. The second kappa shape index (κ2) is 16.3. The van der Waals surface area contributed by atoms with Crippen LogP contribution >= 0.6 is 11.8 Å². The Balaban J connectivity index is 4.65. The first kappa shape index (κ1) is 29.6. The van der Waals surface area contributed by atoms with Gasteiger partial charge in [-0.1, -0.05) is 0 Å². The van der Waals surface area contributed by atoms with Crippen molar-refractivity contribution >= 4 is 53.1 Å². The zero-order valence-electron chi connectivity index (χ0n) is 18.7. The average molecular weight is 490 g/mol. The van der Waals surface area contributed by atoms with Crippen LogP contribution in [0.25, 0.3) is 0 Å². The molecule has 0 rings (SSSR count). The van der Waals surface area contributed by atoms with Crippen molar-refractivity contribution in [3.05, 3.63) is 0 Å². The van der Waals surface area contributed by atoms with Gasteiger partial charge in [-0.05, 0) is 25.4 Å². The van der Waals surface area contributed by atoms with Crippen molar-refractivity contribution in [2.45, 2.75) is 32.4 Å². The van der Waals surface area contributed by atoms with E-state index in [0.717, 1.165) is 0 Å². The van der Waals surface area contributed by atoms with E-state index in [-0.39, 0.29) is 19.5 Å². The summed E-state index contributed by atoms with van der Waals surface area (Å²) >= 11 is 1.45. The molecular formula is C18H31N7O7S. The third-order valence-corrected chi connectivity index (χ3v) is 4.49. The molecule has 0 saturated carbocycles. The molecule has 0 spiro atoms. The standard InChI is InChI=1S/C18H31N7O7S/c1-10(17(31)23-8-15(29)21-6-13(19)27)24-18(32)12(4-5-33-3)25-16(30)9-22-14(28)7-20-11(2)26/h10,12H,4-9H2,1-3H3,(H2,19,27)(H,20,26)(H,21,29)(H,22,28)(H,23,31)(H,24,32)(H,25,30)/t10-,12-/m0/s1. The van der Waals surface area contributed by atoms with E-state index in [1.165, 1.54) is 25.6 Å². The first-order valence-corrected chi connectivity index (χ1v) is 11.3. The van der Waals surface area contributed by atoms with E-state index < -0.39 is 66.5 Å². The summed E-state index contributed by atoms with van der Waals surface area (Å²) in [7, 11) is 0. The third-order valence-electron chi connectivity index (χ3n) is 3.84. The Bertz CT molecular complexity index is 748. The van der Waals surface area contributed by atoms with Crippen molar-refractivity contribution in [1.82, 2.24) is 31.9 Å². The lowest BCUT2D eigenvalue weighted by molar-refractivity contribution is -0.132. The van der Waals surface area contributed by atoms with Crippen molar-refractivity contribution in [2.24, 2.45) is 5.73 Å². The summed E-state index contributed by atoms with van der Waals surface area (Å²) < 4.78 is 0. The van der Waals surface area contributed by atoms with Crippen LogP contribution in [0.4, 0.5) is 0 Å². The van der Waals surface area contributed by atoms with E-state index in [4.69, 9.17) is 5.73 Å². The Hall–Kier alpha value is -3.36. The summed E-state index contributed by atoms with van der Waals surface area (Å²) in [5.74, 6) is -3.71. The maximum atomic E-state index is 12.6. The van der Waals surface area contributed by atoms with Gasteiger partial charge in [-0.15, -0.1) is 0 Å². The fourth-order valence-electron chi connectivity index (χ4n) is 2.14. The Kier molecular flexibility index (Phi) is 14.6. The van der Waals surface area contributed by atoms with Crippen LogP contribution in [-0.4, -0.2) is 91.6 Å². The van der Waals surface area contributed by atoms with Crippen LogP contribution in [0.1, 0.15) is 20.3 Å². The van der Waals surface area contributed by atoms with E-state index in [9.17, 15) is 33.6 Å². The van der Waals surface area contributed by atoms with Crippen molar-refractivity contribution in [3.63, 3.8) is 0 Å². The lowest BCUT2D eigenvalue weighted by Gasteiger charge is -2.21. The summed E-state index contributed by atoms with van der Waals surface area (Å²) in [5, 5.41) is 14.0. The molecule has 0 bridgehead atoms. The van der Waals surface area contributed by atoms with Gasteiger partial charge in [0.05, 0.1) is 26.2 Å². The molecule has 14 nitrogen and oxygen atoms in total. The van der Waals surface area contributed by atoms with E-state index in [1.807, 2.05) is 6.26 Å². The van der Waals surface area contributed by atoms with Crippen LogP contribution in [0, 0.1) is 0 Å². The van der Waals surface area contributed by atoms with Crippen molar-refractivity contribution in [1.29, 1.82) is 0 Å². The minimum absolute atomic E-state index is 0.266. The summed E-state index contributed by atoms with van der Waals surface area (Å²) in [6.07, 6.45) is 2.08. The topological polar surface area (TPSA) is 218 Å². The first-order valence-electron chi connectivity index (χ1n) is 9.88. The van der Waals surface area contributed by atoms with E-state index >= 15 is 0 Å². The number of hydrogen-bond acceptors (Lipinski definition) is 8. The smallest absolute Gasteiger partial charge is 0.243 e. The van der Waals surface area contributed by atoms with E-state index in [2.05, 4.69) is 31.9 Å². The molecule has 0 aromatic heterocycles. The Labute approximate surface area is 195 Å². The minimum atomic E-state index is -1.02. The van der Waals surface area contributed by atoms with Gasteiger partial charge in [0.25, 0.3) is 0 Å². The number of thioether (sulfide) groups is 1. The Morgan fingerprint density at radius 2 is 1.30 bits per heavy atom. The lowest BCUT2D eigenvalue weighted by Crippen LogP contribution is -2.54. The molecule has 0 saturated heterocycles. The predicted octanol–water partition coefficient (Wildman–Crippen LogP) is -4.30. The number of hydrogen-bond donors (Lipinski definition) is 7. The zero-order valence-corrected chi connectivity index (χ0v) is 19.6. The van der Waals surface area contributed by atoms with Crippen LogP contribution in [0.3, 0.4) is 0 Å². The number of carbonyl (C=O) groups excluding carboxylic acids is 7. The number of nitrogens with one attached hydrogen (secondary N) is 6. The second-order valence-corrected chi connectivity index (χ2v) is 7.76. The maximum absolute atomic E-state index is 12.6. The average Bonchev–Trinajstić information content (AvgIpc) is 2.75. The highest BCUT2D eigenvalue weighted by Crippen LogP contribution is 2.02. The SMILES string of the molecule is CSCC[C@H](NC(=O)CNC(=O)CNC(C)=O)C(=O)N[C@@H](C)C(=O)NCC(=O)NCC(N)=O. The van der Waals surface area contributed by atoms with Gasteiger partial charge in [0, 0.05) is 6.92 Å². The summed E-state index contributed by atoms with van der Waals surface area (Å²) in [4.78, 5) is 81.2. The molecule has 0 aromatic rings. The summed E-state index contributed by atoms with van der Waals surface area (Å²) in [5.41, 5.74) is 4.90. The fourth-order valence-corrected chi connectivity index (χ4v) is 2.62. The van der Waals surface area contributed by atoms with Crippen LogP contribution in [0.15, 0.2) is 0 Å². The number of nitrogens with two attached hydrogens (primary N) is 1. The fraction of sp³-hybridized carbons (Fsp3) is 0.611. The monoisotopic (exact) mass is 489 g/mol. The molecule has 0 radical (unpaired) electrons. The molecule has 2 atom stereocenters.